The van der Waals surface area contributed by atoms with Crippen LogP contribution in [0.2, 0.25) is 0 Å². The highest BCUT2D eigenvalue weighted by Gasteiger charge is 2.18. The minimum atomic E-state index is -0.849. The molecule has 0 spiro atoms. The van der Waals surface area contributed by atoms with E-state index in [2.05, 4.69) is 55.6 Å². The molecular formula is C51H93NO5. The number of amides is 1. The van der Waals surface area contributed by atoms with E-state index in [1.54, 1.807) is 6.08 Å². The molecule has 57 heavy (non-hydrogen) atoms. The Hall–Kier alpha value is -2.18. The van der Waals surface area contributed by atoms with Crippen molar-refractivity contribution in [2.75, 3.05) is 13.2 Å². The van der Waals surface area contributed by atoms with E-state index < -0.39 is 12.1 Å². The Bertz CT molecular complexity index is 973. The van der Waals surface area contributed by atoms with Crippen molar-refractivity contribution >= 4 is 11.9 Å². The molecule has 0 aromatic heterocycles. The van der Waals surface area contributed by atoms with Crippen LogP contribution in [-0.4, -0.2) is 47.4 Å². The predicted octanol–water partition coefficient (Wildman–Crippen LogP) is 14.3. The largest absolute Gasteiger partial charge is 0.466 e. The van der Waals surface area contributed by atoms with E-state index in [1.807, 2.05) is 6.08 Å². The second kappa shape index (κ2) is 46.5. The lowest BCUT2D eigenvalue weighted by atomic mass is 10.0. The predicted molar refractivity (Wildman–Crippen MR) is 245 cm³/mol. The van der Waals surface area contributed by atoms with Gasteiger partial charge in [0.25, 0.3) is 0 Å². The Labute approximate surface area is 353 Å². The number of aliphatic hydroxyl groups is 2. The van der Waals surface area contributed by atoms with Gasteiger partial charge in [-0.15, -0.1) is 0 Å². The second-order valence-electron chi connectivity index (χ2n) is 16.5. The standard InChI is InChI=1S/C51H93NO5/c1-3-5-7-9-11-13-14-25-29-33-37-41-45-51(56)57-46-42-38-34-30-26-23-21-19-17-15-16-18-20-22-24-28-32-36-40-44-50(55)52-48(47-53)49(54)43-39-35-31-27-12-10-8-6-4-2/h11,13,19,21,23,26,39,43,48-49,53-54H,3-10,12,14-18,20,22,24-25,27-38,40-42,44-47H2,1-2H3,(H,52,55)/b13-11-,21-19-,26-23-,43-39+. The zero-order valence-corrected chi connectivity index (χ0v) is 37.6. The molecule has 0 heterocycles. The number of aliphatic hydroxyl groups excluding tert-OH is 2. The maximum atomic E-state index is 12.3. The molecule has 2 unspecified atom stereocenters. The number of carbonyl (C=O) groups is 2. The van der Waals surface area contributed by atoms with Gasteiger partial charge in [-0.1, -0.05) is 184 Å². The number of esters is 1. The van der Waals surface area contributed by atoms with Crippen molar-refractivity contribution in [2.45, 2.75) is 251 Å². The van der Waals surface area contributed by atoms with E-state index in [0.29, 0.717) is 19.4 Å². The second-order valence-corrected chi connectivity index (χ2v) is 16.5. The fraction of sp³-hybridized carbons (Fsp3) is 0.804. The average Bonchev–Trinajstić information content (AvgIpc) is 3.21. The van der Waals surface area contributed by atoms with Gasteiger partial charge in [0.05, 0.1) is 25.4 Å². The average molecular weight is 800 g/mol. The molecule has 0 rings (SSSR count). The Balaban J connectivity index is 3.51. The zero-order valence-electron chi connectivity index (χ0n) is 37.6. The normalized spacial score (nSPS) is 13.1. The summed E-state index contributed by atoms with van der Waals surface area (Å²) in [7, 11) is 0. The third kappa shape index (κ3) is 43.2. The summed E-state index contributed by atoms with van der Waals surface area (Å²) >= 11 is 0. The molecule has 3 N–H and O–H groups in total. The van der Waals surface area contributed by atoms with Gasteiger partial charge in [-0.3, -0.25) is 9.59 Å². The summed E-state index contributed by atoms with van der Waals surface area (Å²) in [6, 6.07) is -0.634. The number of hydrogen-bond donors (Lipinski definition) is 3. The molecule has 6 heteroatoms. The third-order valence-electron chi connectivity index (χ3n) is 10.8. The first kappa shape index (κ1) is 54.8. The van der Waals surface area contributed by atoms with Gasteiger partial charge in [0.2, 0.25) is 5.91 Å². The van der Waals surface area contributed by atoms with Crippen LogP contribution in [0.3, 0.4) is 0 Å². The van der Waals surface area contributed by atoms with E-state index >= 15 is 0 Å². The van der Waals surface area contributed by atoms with Gasteiger partial charge in [-0.05, 0) is 89.9 Å². The Kier molecular flexibility index (Phi) is 44.7. The topological polar surface area (TPSA) is 95.9 Å². The number of ether oxygens (including phenoxy) is 1. The molecule has 2 atom stereocenters. The van der Waals surface area contributed by atoms with Crippen LogP contribution < -0.4 is 5.32 Å². The first-order valence-electron chi connectivity index (χ1n) is 24.4. The molecule has 0 aliphatic carbocycles. The SMILES string of the molecule is CCCCC/C=C\CCCCCCCC(=O)OCCCCC/C=C\C=C/CCCCCCCCCCCCC(=O)NC(CO)C(O)/C=C/CCCCCCCCC. The van der Waals surface area contributed by atoms with Gasteiger partial charge < -0.3 is 20.3 Å². The number of nitrogens with one attached hydrogen (secondary N) is 1. The summed E-state index contributed by atoms with van der Waals surface area (Å²) in [4.78, 5) is 24.3. The lowest BCUT2D eigenvalue weighted by molar-refractivity contribution is -0.143. The molecule has 0 aromatic rings. The van der Waals surface area contributed by atoms with Crippen LogP contribution in [0.25, 0.3) is 0 Å². The third-order valence-corrected chi connectivity index (χ3v) is 10.8. The van der Waals surface area contributed by atoms with E-state index in [4.69, 9.17) is 4.74 Å². The van der Waals surface area contributed by atoms with Crippen molar-refractivity contribution in [3.05, 3.63) is 48.6 Å². The Morgan fingerprint density at radius 2 is 0.877 bits per heavy atom. The van der Waals surface area contributed by atoms with Crippen molar-refractivity contribution < 1.29 is 24.5 Å². The fourth-order valence-corrected chi connectivity index (χ4v) is 7.03. The molecule has 0 radical (unpaired) electrons. The summed E-state index contributed by atoms with van der Waals surface area (Å²) in [6.07, 6.45) is 56.9. The summed E-state index contributed by atoms with van der Waals surface area (Å²) in [5, 5.41) is 22.9. The number of rotatable bonds is 44. The quantitative estimate of drug-likeness (QED) is 0.0247. The van der Waals surface area contributed by atoms with Crippen molar-refractivity contribution in [1.82, 2.24) is 5.32 Å². The van der Waals surface area contributed by atoms with Gasteiger partial charge in [-0.2, -0.15) is 0 Å². The summed E-state index contributed by atoms with van der Waals surface area (Å²) in [5.41, 5.74) is 0. The van der Waals surface area contributed by atoms with E-state index in [1.165, 1.54) is 135 Å². The molecular weight excluding hydrogens is 707 g/mol. The number of hydrogen-bond acceptors (Lipinski definition) is 5. The van der Waals surface area contributed by atoms with E-state index in [9.17, 15) is 19.8 Å². The van der Waals surface area contributed by atoms with Crippen LogP contribution in [0.15, 0.2) is 48.6 Å². The van der Waals surface area contributed by atoms with Crippen molar-refractivity contribution in [3.8, 4) is 0 Å². The summed E-state index contributed by atoms with van der Waals surface area (Å²) in [5.74, 6) is -0.108. The van der Waals surface area contributed by atoms with Crippen LogP contribution in [0.1, 0.15) is 239 Å². The van der Waals surface area contributed by atoms with E-state index in [-0.39, 0.29) is 18.5 Å². The van der Waals surface area contributed by atoms with Crippen LogP contribution in [0.5, 0.6) is 0 Å². The first-order valence-corrected chi connectivity index (χ1v) is 24.4. The fourth-order valence-electron chi connectivity index (χ4n) is 7.03. The molecule has 0 fully saturated rings. The molecule has 1 amide bonds. The Morgan fingerprint density at radius 1 is 0.491 bits per heavy atom. The van der Waals surface area contributed by atoms with Gasteiger partial charge in [0.15, 0.2) is 0 Å². The number of unbranched alkanes of at least 4 members (excludes halogenated alkanes) is 28. The zero-order chi connectivity index (χ0) is 41.5. The minimum Gasteiger partial charge on any atom is -0.466 e. The lowest BCUT2D eigenvalue weighted by Crippen LogP contribution is -2.45. The van der Waals surface area contributed by atoms with Crippen molar-refractivity contribution in [3.63, 3.8) is 0 Å². The lowest BCUT2D eigenvalue weighted by Gasteiger charge is -2.20. The molecule has 332 valence electrons. The van der Waals surface area contributed by atoms with Crippen LogP contribution in [-0.2, 0) is 14.3 Å². The molecule has 0 aliphatic rings. The maximum absolute atomic E-state index is 12.3. The van der Waals surface area contributed by atoms with Gasteiger partial charge in [0.1, 0.15) is 0 Å². The van der Waals surface area contributed by atoms with Crippen molar-refractivity contribution in [2.24, 2.45) is 0 Å². The highest BCUT2D eigenvalue weighted by molar-refractivity contribution is 5.76. The highest BCUT2D eigenvalue weighted by Crippen LogP contribution is 2.14. The first-order chi connectivity index (χ1) is 28.0. The van der Waals surface area contributed by atoms with Crippen LogP contribution >= 0.6 is 0 Å². The maximum Gasteiger partial charge on any atom is 0.305 e. The highest BCUT2D eigenvalue weighted by atomic mass is 16.5. The molecule has 0 aromatic carbocycles. The smallest absolute Gasteiger partial charge is 0.305 e. The summed E-state index contributed by atoms with van der Waals surface area (Å²) in [6.45, 7) is 4.79. The van der Waals surface area contributed by atoms with Gasteiger partial charge in [-0.25, -0.2) is 0 Å². The molecule has 0 aliphatic heterocycles. The molecule has 0 saturated carbocycles. The molecule has 6 nitrogen and oxygen atoms in total. The summed E-state index contributed by atoms with van der Waals surface area (Å²) < 4.78 is 5.42. The Morgan fingerprint density at radius 3 is 1.39 bits per heavy atom. The van der Waals surface area contributed by atoms with Crippen LogP contribution in [0.4, 0.5) is 0 Å². The van der Waals surface area contributed by atoms with Gasteiger partial charge >= 0.3 is 5.97 Å². The van der Waals surface area contributed by atoms with Gasteiger partial charge in [0, 0.05) is 12.8 Å². The van der Waals surface area contributed by atoms with Crippen molar-refractivity contribution in [1.29, 1.82) is 0 Å². The monoisotopic (exact) mass is 800 g/mol. The van der Waals surface area contributed by atoms with Crippen LogP contribution in [0, 0.1) is 0 Å². The number of allylic oxidation sites excluding steroid dienone is 7. The number of carbonyl (C=O) groups excluding carboxylic acids is 2. The van der Waals surface area contributed by atoms with E-state index in [0.717, 1.165) is 77.0 Å². The molecule has 0 bridgehead atoms. The molecule has 0 saturated heterocycles. The minimum absolute atomic E-state index is 0.0256.